The van der Waals surface area contributed by atoms with E-state index in [1.54, 1.807) is 60.7 Å². The SMILES string of the molecule is COc1ccc(C(Cc2ccc(C)cc2)C(=O)C(F)(F)F)cc1.COc1ccc(C(Cc2ccc(C)cc2)C(O)C(F)(F)F)cc1.Oc1ccc(CC(c2ccc(O)cc2)C(O)C(F)(F)F)cc1. The third-order valence-corrected chi connectivity index (χ3v) is 10.9. The maximum Gasteiger partial charge on any atom is 0.450 e. The van der Waals surface area contributed by atoms with E-state index in [0.717, 1.165) is 16.7 Å². The number of hydrogen-bond acceptors (Lipinski definition) is 7. The third-order valence-electron chi connectivity index (χ3n) is 10.9. The Morgan fingerprint density at radius 3 is 1.07 bits per heavy atom. The number of benzene rings is 6. The molecule has 0 bridgehead atoms. The average Bonchev–Trinajstić information content (AvgIpc) is 3.30. The lowest BCUT2D eigenvalue weighted by molar-refractivity contribution is -0.211. The summed E-state index contributed by atoms with van der Waals surface area (Å²) in [6.45, 7) is 3.81. The Morgan fingerprint density at radius 2 is 0.750 bits per heavy atom. The molecular weight excluding hydrogens is 908 g/mol. The number of carbonyl (C=O) groups excluding carboxylic acids is 1. The van der Waals surface area contributed by atoms with Gasteiger partial charge < -0.3 is 29.9 Å². The molecule has 0 aliphatic heterocycles. The third kappa shape index (κ3) is 16.4. The van der Waals surface area contributed by atoms with Crippen LogP contribution in [0.1, 0.15) is 62.3 Å². The average molecular weight is 959 g/mol. The van der Waals surface area contributed by atoms with Gasteiger partial charge in [0.05, 0.1) is 20.1 Å². The van der Waals surface area contributed by atoms with Crippen molar-refractivity contribution in [3.8, 4) is 23.0 Å². The Balaban J connectivity index is 0.000000222. The highest BCUT2D eigenvalue weighted by molar-refractivity contribution is 5.90. The quantitative estimate of drug-likeness (QED) is 0.0804. The van der Waals surface area contributed by atoms with Crippen LogP contribution in [0, 0.1) is 13.8 Å². The number of Topliss-reactive ketones (excluding diaryl/α,β-unsaturated/α-hetero) is 1. The number of hydrogen-bond donors (Lipinski definition) is 4. The molecule has 0 spiro atoms. The first-order chi connectivity index (χ1) is 31.9. The van der Waals surface area contributed by atoms with E-state index in [1.807, 2.05) is 38.1 Å². The Kier molecular flexibility index (Phi) is 19.1. The molecule has 0 aliphatic carbocycles. The van der Waals surface area contributed by atoms with Crippen molar-refractivity contribution in [1.29, 1.82) is 0 Å². The van der Waals surface area contributed by atoms with Crippen molar-refractivity contribution < 1.29 is 74.2 Å². The lowest BCUT2D eigenvalue weighted by atomic mass is 9.87. The lowest BCUT2D eigenvalue weighted by Gasteiger charge is -2.25. The molecule has 5 atom stereocenters. The number of rotatable bonds is 14. The molecule has 16 heteroatoms. The van der Waals surface area contributed by atoms with Gasteiger partial charge in [0.1, 0.15) is 23.0 Å². The van der Waals surface area contributed by atoms with Gasteiger partial charge in [-0.2, -0.15) is 39.5 Å². The summed E-state index contributed by atoms with van der Waals surface area (Å²) < 4.78 is 127. The highest BCUT2D eigenvalue weighted by atomic mass is 19.4. The second kappa shape index (κ2) is 24.0. The number of phenolic OH excluding ortho intramolecular Hbond substituents is 2. The summed E-state index contributed by atoms with van der Waals surface area (Å²) in [5, 5.41) is 37.9. The van der Waals surface area contributed by atoms with Gasteiger partial charge in [0, 0.05) is 11.8 Å². The van der Waals surface area contributed by atoms with E-state index in [1.165, 1.54) is 74.9 Å². The van der Waals surface area contributed by atoms with Crippen molar-refractivity contribution >= 4 is 5.78 Å². The molecule has 0 saturated heterocycles. The molecule has 0 saturated carbocycles. The maximum absolute atomic E-state index is 13.0. The summed E-state index contributed by atoms with van der Waals surface area (Å²) in [5.74, 6) is -4.22. The van der Waals surface area contributed by atoms with Gasteiger partial charge in [0.15, 0.2) is 12.2 Å². The van der Waals surface area contributed by atoms with E-state index in [4.69, 9.17) is 9.47 Å². The molecule has 0 radical (unpaired) electrons. The van der Waals surface area contributed by atoms with Gasteiger partial charge >= 0.3 is 18.5 Å². The first-order valence-electron chi connectivity index (χ1n) is 21.0. The van der Waals surface area contributed by atoms with Crippen molar-refractivity contribution in [1.82, 2.24) is 0 Å². The van der Waals surface area contributed by atoms with E-state index in [9.17, 15) is 64.7 Å². The summed E-state index contributed by atoms with van der Waals surface area (Å²) in [7, 11) is 2.96. The number of alkyl halides is 9. The van der Waals surface area contributed by atoms with Crippen LogP contribution >= 0.6 is 0 Å². The molecule has 68 heavy (non-hydrogen) atoms. The Morgan fingerprint density at radius 1 is 0.456 bits per heavy atom. The minimum atomic E-state index is -4.87. The number of ether oxygens (including phenoxy) is 2. The van der Waals surface area contributed by atoms with Gasteiger partial charge in [-0.1, -0.05) is 108 Å². The van der Waals surface area contributed by atoms with Crippen molar-refractivity contribution in [2.45, 2.75) is 81.6 Å². The molecule has 0 amide bonds. The topological polar surface area (TPSA) is 116 Å². The van der Waals surface area contributed by atoms with E-state index >= 15 is 0 Å². The second-order valence-electron chi connectivity index (χ2n) is 16.0. The van der Waals surface area contributed by atoms with Crippen molar-refractivity contribution in [3.05, 3.63) is 190 Å². The minimum Gasteiger partial charge on any atom is -0.508 e. The maximum atomic E-state index is 13.0. The summed E-state index contributed by atoms with van der Waals surface area (Å²) in [6.07, 6.45) is -19.2. The molecule has 5 unspecified atom stereocenters. The normalized spacial score (nSPS) is 13.9. The summed E-state index contributed by atoms with van der Waals surface area (Å²) in [4.78, 5) is 11.8. The van der Waals surface area contributed by atoms with Gasteiger partial charge in [0.2, 0.25) is 5.78 Å². The fourth-order valence-corrected chi connectivity index (χ4v) is 7.07. The Hall–Kier alpha value is -6.52. The summed E-state index contributed by atoms with van der Waals surface area (Å²) in [6, 6.07) is 37.9. The molecule has 0 aliphatic rings. The van der Waals surface area contributed by atoms with E-state index in [-0.39, 0.29) is 36.3 Å². The summed E-state index contributed by atoms with van der Waals surface area (Å²) >= 11 is 0. The van der Waals surface area contributed by atoms with Gasteiger partial charge in [-0.15, -0.1) is 0 Å². The number of ketones is 1. The number of aromatic hydroxyl groups is 2. The standard InChI is InChI=1S/C18H19F3O2.C18H17F3O2.C16H15F3O3/c2*1-12-3-5-13(6-4-12)11-16(17(22)18(19,20)21)14-7-9-15(23-2)10-8-14;17-16(18,19)15(22)14(11-3-7-13(21)8-4-11)9-10-1-5-12(20)6-2-10/h3-10,16-17,22H,11H2,1-2H3;3-10,16H,11H2,1-2H3;1-8,14-15,20-22H,9H2. The van der Waals surface area contributed by atoms with Crippen LogP contribution in [0.4, 0.5) is 39.5 Å². The first-order valence-corrected chi connectivity index (χ1v) is 21.0. The fraction of sp³-hybridized carbons (Fsp3) is 0.288. The van der Waals surface area contributed by atoms with Gasteiger partial charge in [0.25, 0.3) is 0 Å². The van der Waals surface area contributed by atoms with E-state index in [2.05, 4.69) is 0 Å². The molecule has 4 N–H and O–H groups in total. The molecular formula is C52H51F9O7. The predicted octanol–water partition coefficient (Wildman–Crippen LogP) is 12.1. The number of aliphatic hydroxyl groups is 2. The fourth-order valence-electron chi connectivity index (χ4n) is 7.07. The summed E-state index contributed by atoms with van der Waals surface area (Å²) in [5.41, 5.74) is 5.07. The van der Waals surface area contributed by atoms with Crippen LogP contribution in [-0.2, 0) is 24.1 Å². The minimum absolute atomic E-state index is 0.00491. The predicted molar refractivity (Wildman–Crippen MR) is 239 cm³/mol. The molecule has 6 aromatic rings. The van der Waals surface area contributed by atoms with E-state index in [0.29, 0.717) is 33.8 Å². The number of halogens is 9. The van der Waals surface area contributed by atoms with Crippen LogP contribution in [0.3, 0.4) is 0 Å². The molecule has 6 aromatic carbocycles. The molecule has 7 nitrogen and oxygen atoms in total. The lowest BCUT2D eigenvalue weighted by Crippen LogP contribution is -2.35. The van der Waals surface area contributed by atoms with Crippen LogP contribution in [0.2, 0.25) is 0 Å². The monoisotopic (exact) mass is 958 g/mol. The van der Waals surface area contributed by atoms with Crippen LogP contribution in [0.25, 0.3) is 0 Å². The van der Waals surface area contributed by atoms with Crippen LogP contribution in [0.5, 0.6) is 23.0 Å². The number of phenols is 2. The molecule has 0 aromatic heterocycles. The highest BCUT2D eigenvalue weighted by Crippen LogP contribution is 2.37. The number of aryl methyl sites for hydroxylation is 2. The van der Waals surface area contributed by atoms with Gasteiger partial charge in [-0.3, -0.25) is 4.79 Å². The van der Waals surface area contributed by atoms with Gasteiger partial charge in [-0.25, -0.2) is 0 Å². The Labute approximate surface area is 388 Å². The molecule has 6 rings (SSSR count). The van der Waals surface area contributed by atoms with Crippen LogP contribution in [0.15, 0.2) is 146 Å². The van der Waals surface area contributed by atoms with Crippen molar-refractivity contribution in [3.63, 3.8) is 0 Å². The van der Waals surface area contributed by atoms with Crippen molar-refractivity contribution in [2.75, 3.05) is 14.2 Å². The molecule has 364 valence electrons. The van der Waals surface area contributed by atoms with Crippen molar-refractivity contribution in [2.24, 2.45) is 0 Å². The first kappa shape index (κ1) is 54.1. The van der Waals surface area contributed by atoms with E-state index < -0.39 is 54.3 Å². The highest BCUT2D eigenvalue weighted by Gasteiger charge is 2.46. The smallest absolute Gasteiger partial charge is 0.450 e. The largest absolute Gasteiger partial charge is 0.508 e. The number of carbonyl (C=O) groups is 1. The zero-order valence-corrected chi connectivity index (χ0v) is 37.3. The second-order valence-corrected chi connectivity index (χ2v) is 16.0. The Bertz CT molecular complexity index is 2440. The van der Waals surface area contributed by atoms with Crippen LogP contribution in [-0.4, -0.2) is 71.2 Å². The zero-order chi connectivity index (χ0) is 50.4. The molecule has 0 heterocycles. The van der Waals surface area contributed by atoms with Gasteiger partial charge in [-0.05, 0) is 115 Å². The molecule has 0 fully saturated rings. The zero-order valence-electron chi connectivity index (χ0n) is 37.3. The number of aliphatic hydroxyl groups excluding tert-OH is 2. The van der Waals surface area contributed by atoms with Crippen LogP contribution < -0.4 is 9.47 Å². The number of methoxy groups -OCH3 is 2.